The number of ether oxygens (including phenoxy) is 1. The van der Waals surface area contributed by atoms with E-state index >= 15 is 0 Å². The van der Waals surface area contributed by atoms with Crippen molar-refractivity contribution >= 4 is 35.6 Å². The molecule has 0 radical (unpaired) electrons. The first-order chi connectivity index (χ1) is 12.2. The van der Waals surface area contributed by atoms with E-state index < -0.39 is 0 Å². The predicted molar refractivity (Wildman–Crippen MR) is 118 cm³/mol. The van der Waals surface area contributed by atoms with Crippen LogP contribution in [0.25, 0.3) is 0 Å². The zero-order valence-electron chi connectivity index (χ0n) is 15.6. The lowest BCUT2D eigenvalue weighted by Gasteiger charge is -2.22. The number of hydrogen-bond acceptors (Lipinski definition) is 3. The molecule has 7 heteroatoms. The van der Waals surface area contributed by atoms with Gasteiger partial charge < -0.3 is 24.8 Å². The third-order valence-corrected chi connectivity index (χ3v) is 4.67. The number of halogens is 1. The van der Waals surface area contributed by atoms with Crippen LogP contribution in [-0.2, 0) is 13.6 Å². The molecule has 26 heavy (non-hydrogen) atoms. The van der Waals surface area contributed by atoms with Crippen molar-refractivity contribution in [2.45, 2.75) is 19.0 Å². The van der Waals surface area contributed by atoms with Gasteiger partial charge in [0, 0.05) is 45.1 Å². The van der Waals surface area contributed by atoms with Gasteiger partial charge in [-0.25, -0.2) is 0 Å². The van der Waals surface area contributed by atoms with Gasteiger partial charge in [-0.05, 0) is 30.7 Å². The Morgan fingerprint density at radius 3 is 2.77 bits per heavy atom. The van der Waals surface area contributed by atoms with Gasteiger partial charge in [0.05, 0.1) is 19.3 Å². The topological polar surface area (TPSA) is 53.8 Å². The van der Waals surface area contributed by atoms with Crippen LogP contribution in [0.4, 0.5) is 5.69 Å². The minimum atomic E-state index is 0. The fraction of sp³-hybridized carbons (Fsp3) is 0.421. The molecule has 3 rings (SSSR count). The van der Waals surface area contributed by atoms with Crippen molar-refractivity contribution in [3.63, 3.8) is 0 Å². The van der Waals surface area contributed by atoms with Gasteiger partial charge in [-0.15, -0.1) is 24.0 Å². The van der Waals surface area contributed by atoms with E-state index in [0.29, 0.717) is 6.04 Å². The second-order valence-electron chi connectivity index (χ2n) is 6.28. The first kappa shape index (κ1) is 20.4. The van der Waals surface area contributed by atoms with Crippen molar-refractivity contribution in [2.75, 3.05) is 32.1 Å². The SMILES string of the molecule is CN=C(NCc1cccn1C)NC1CCN(c2ccccc2OC)C1.I. The van der Waals surface area contributed by atoms with Crippen LogP contribution in [0.1, 0.15) is 12.1 Å². The summed E-state index contributed by atoms with van der Waals surface area (Å²) in [5.41, 5.74) is 2.38. The molecule has 1 atom stereocenters. The van der Waals surface area contributed by atoms with Crippen LogP contribution in [0.2, 0.25) is 0 Å². The summed E-state index contributed by atoms with van der Waals surface area (Å²) in [6, 6.07) is 12.7. The molecule has 142 valence electrons. The lowest BCUT2D eigenvalue weighted by Crippen LogP contribution is -2.44. The number of methoxy groups -OCH3 is 1. The summed E-state index contributed by atoms with van der Waals surface area (Å²) in [5.74, 6) is 1.77. The van der Waals surface area contributed by atoms with Gasteiger partial charge in [-0.1, -0.05) is 12.1 Å². The highest BCUT2D eigenvalue weighted by Gasteiger charge is 2.25. The fourth-order valence-electron chi connectivity index (χ4n) is 3.23. The van der Waals surface area contributed by atoms with Crippen LogP contribution >= 0.6 is 24.0 Å². The van der Waals surface area contributed by atoms with E-state index in [1.165, 1.54) is 5.69 Å². The summed E-state index contributed by atoms with van der Waals surface area (Å²) in [4.78, 5) is 6.72. The Bertz CT molecular complexity index is 730. The average Bonchev–Trinajstić information content (AvgIpc) is 3.27. The van der Waals surface area contributed by atoms with Crippen LogP contribution in [0.3, 0.4) is 0 Å². The molecule has 2 aromatic rings. The van der Waals surface area contributed by atoms with Crippen LogP contribution in [-0.4, -0.2) is 43.8 Å². The third-order valence-electron chi connectivity index (χ3n) is 4.67. The van der Waals surface area contributed by atoms with Gasteiger partial charge in [-0.3, -0.25) is 4.99 Å². The summed E-state index contributed by atoms with van der Waals surface area (Å²) in [5, 5.41) is 6.92. The Kier molecular flexibility index (Phi) is 7.62. The van der Waals surface area contributed by atoms with Crippen molar-refractivity contribution < 1.29 is 4.74 Å². The Morgan fingerprint density at radius 2 is 2.08 bits per heavy atom. The van der Waals surface area contributed by atoms with Crippen molar-refractivity contribution in [3.8, 4) is 5.75 Å². The molecule has 1 aliphatic rings. The zero-order chi connectivity index (χ0) is 17.6. The van der Waals surface area contributed by atoms with Crippen molar-refractivity contribution in [2.24, 2.45) is 12.0 Å². The lowest BCUT2D eigenvalue weighted by molar-refractivity contribution is 0.415. The van der Waals surface area contributed by atoms with Crippen LogP contribution in [0.5, 0.6) is 5.75 Å². The highest BCUT2D eigenvalue weighted by molar-refractivity contribution is 14.0. The number of nitrogens with zero attached hydrogens (tertiary/aromatic N) is 3. The van der Waals surface area contributed by atoms with E-state index in [9.17, 15) is 0 Å². The number of aryl methyl sites for hydroxylation is 1. The Balaban J connectivity index is 0.00000243. The maximum atomic E-state index is 5.49. The molecule has 1 aromatic heterocycles. The van der Waals surface area contributed by atoms with Gasteiger partial charge >= 0.3 is 0 Å². The molecular weight excluding hydrogens is 441 g/mol. The molecule has 2 heterocycles. The number of nitrogens with one attached hydrogen (secondary N) is 2. The van der Waals surface area contributed by atoms with E-state index in [1.807, 2.05) is 19.2 Å². The van der Waals surface area contributed by atoms with E-state index in [0.717, 1.165) is 43.5 Å². The van der Waals surface area contributed by atoms with Crippen LogP contribution < -0.4 is 20.3 Å². The molecule has 1 unspecified atom stereocenters. The first-order valence-corrected chi connectivity index (χ1v) is 8.66. The molecule has 2 N–H and O–H groups in total. The monoisotopic (exact) mass is 469 g/mol. The highest BCUT2D eigenvalue weighted by atomic mass is 127. The van der Waals surface area contributed by atoms with Gasteiger partial charge in [0.25, 0.3) is 0 Å². The van der Waals surface area contributed by atoms with E-state index in [2.05, 4.69) is 62.6 Å². The molecule has 1 aromatic carbocycles. The third kappa shape index (κ3) is 4.84. The maximum Gasteiger partial charge on any atom is 0.191 e. The highest BCUT2D eigenvalue weighted by Crippen LogP contribution is 2.30. The van der Waals surface area contributed by atoms with Crippen molar-refractivity contribution in [1.82, 2.24) is 15.2 Å². The zero-order valence-corrected chi connectivity index (χ0v) is 17.9. The number of rotatable bonds is 5. The molecule has 1 saturated heterocycles. The minimum absolute atomic E-state index is 0. The van der Waals surface area contributed by atoms with Gasteiger partial charge in [0.2, 0.25) is 0 Å². The molecule has 0 bridgehead atoms. The molecule has 0 aliphatic carbocycles. The molecule has 6 nitrogen and oxygen atoms in total. The van der Waals surface area contributed by atoms with Gasteiger partial charge in [0.1, 0.15) is 5.75 Å². The van der Waals surface area contributed by atoms with Gasteiger partial charge in [-0.2, -0.15) is 0 Å². The number of aliphatic imine (C=N–C) groups is 1. The summed E-state index contributed by atoms with van der Waals surface area (Å²) < 4.78 is 7.60. The Morgan fingerprint density at radius 1 is 1.27 bits per heavy atom. The van der Waals surface area contributed by atoms with E-state index in [-0.39, 0.29) is 24.0 Å². The van der Waals surface area contributed by atoms with Crippen LogP contribution in [0, 0.1) is 0 Å². The van der Waals surface area contributed by atoms with E-state index in [1.54, 1.807) is 7.11 Å². The second kappa shape index (κ2) is 9.70. The number of guanidine groups is 1. The lowest BCUT2D eigenvalue weighted by atomic mass is 10.2. The summed E-state index contributed by atoms with van der Waals surface area (Å²) in [6.45, 7) is 2.70. The average molecular weight is 469 g/mol. The normalized spacial score (nSPS) is 17.0. The van der Waals surface area contributed by atoms with Crippen LogP contribution in [0.15, 0.2) is 47.6 Å². The number of anilines is 1. The Labute approximate surface area is 172 Å². The summed E-state index contributed by atoms with van der Waals surface area (Å²) in [7, 11) is 5.59. The number of hydrogen-bond donors (Lipinski definition) is 2. The Hall–Kier alpha value is -1.90. The predicted octanol–water partition coefficient (Wildman–Crippen LogP) is 2.60. The minimum Gasteiger partial charge on any atom is -0.495 e. The van der Waals surface area contributed by atoms with E-state index in [4.69, 9.17) is 4.74 Å². The number of aromatic nitrogens is 1. The number of para-hydroxylation sites is 2. The molecular formula is C19H28IN5O. The fourth-order valence-corrected chi connectivity index (χ4v) is 3.23. The quantitative estimate of drug-likeness (QED) is 0.402. The molecule has 0 amide bonds. The van der Waals surface area contributed by atoms with Crippen molar-refractivity contribution in [1.29, 1.82) is 0 Å². The molecule has 0 spiro atoms. The van der Waals surface area contributed by atoms with Crippen molar-refractivity contribution in [3.05, 3.63) is 48.3 Å². The molecule has 1 fully saturated rings. The van der Waals surface area contributed by atoms with Gasteiger partial charge in [0.15, 0.2) is 5.96 Å². The molecule has 1 aliphatic heterocycles. The second-order valence-corrected chi connectivity index (χ2v) is 6.28. The molecule has 0 saturated carbocycles. The summed E-state index contributed by atoms with van der Waals surface area (Å²) >= 11 is 0. The first-order valence-electron chi connectivity index (χ1n) is 8.66. The number of benzene rings is 1. The summed E-state index contributed by atoms with van der Waals surface area (Å²) in [6.07, 6.45) is 3.12. The smallest absolute Gasteiger partial charge is 0.191 e. The standard InChI is InChI=1S/C19H27N5O.HI/c1-20-19(21-13-16-7-6-11-23(16)2)22-15-10-12-24(14-15)17-8-4-5-9-18(17)25-3;/h4-9,11,15H,10,12-14H2,1-3H3,(H2,20,21,22);1H. The maximum absolute atomic E-state index is 5.49. The largest absolute Gasteiger partial charge is 0.495 e.